The molecule has 4 rings (SSSR count). The van der Waals surface area contributed by atoms with E-state index >= 15 is 0 Å². The Bertz CT molecular complexity index is 661. The molecular weight excluding hydrogens is 316 g/mol. The van der Waals surface area contributed by atoms with E-state index in [2.05, 4.69) is 26.9 Å². The molecule has 1 aromatic carbocycles. The molecule has 2 saturated heterocycles. The molecule has 2 fully saturated rings. The molecule has 0 radical (unpaired) electrons. The van der Waals surface area contributed by atoms with Gasteiger partial charge in [-0.05, 0) is 25.7 Å². The fourth-order valence-corrected chi connectivity index (χ4v) is 3.90. The smallest absolute Gasteiger partial charge is 0.324 e. The molecule has 1 unspecified atom stereocenters. The SMILES string of the molecule is CC(C1CCN(c2nc(-c3ccccc3)no2)CC1)N1CCOCC1. The minimum absolute atomic E-state index is 0.619. The van der Waals surface area contributed by atoms with Crippen molar-refractivity contribution < 1.29 is 9.26 Å². The van der Waals surface area contributed by atoms with Crippen LogP contribution in [0.4, 0.5) is 6.01 Å². The topological polar surface area (TPSA) is 54.6 Å². The van der Waals surface area contributed by atoms with E-state index < -0.39 is 0 Å². The van der Waals surface area contributed by atoms with Gasteiger partial charge in [-0.3, -0.25) is 4.90 Å². The summed E-state index contributed by atoms with van der Waals surface area (Å²) in [5.41, 5.74) is 0.994. The molecule has 3 heterocycles. The van der Waals surface area contributed by atoms with Crippen LogP contribution in [0.5, 0.6) is 0 Å². The summed E-state index contributed by atoms with van der Waals surface area (Å²) >= 11 is 0. The zero-order valence-corrected chi connectivity index (χ0v) is 14.8. The standard InChI is InChI=1S/C19H26N4O2/c1-15(22-11-13-24-14-12-22)16-7-9-23(10-8-16)19-20-18(21-25-19)17-5-3-2-4-6-17/h2-6,15-16H,7-14H2,1H3. The van der Waals surface area contributed by atoms with Gasteiger partial charge in [0, 0.05) is 37.8 Å². The molecule has 0 bridgehead atoms. The van der Waals surface area contributed by atoms with Crippen molar-refractivity contribution in [3.63, 3.8) is 0 Å². The third kappa shape index (κ3) is 3.70. The van der Waals surface area contributed by atoms with Crippen LogP contribution in [0.1, 0.15) is 19.8 Å². The Morgan fingerprint density at radius 1 is 1.04 bits per heavy atom. The van der Waals surface area contributed by atoms with Crippen LogP contribution in [0, 0.1) is 5.92 Å². The van der Waals surface area contributed by atoms with Gasteiger partial charge in [0.1, 0.15) is 0 Å². The van der Waals surface area contributed by atoms with Gasteiger partial charge in [0.15, 0.2) is 0 Å². The van der Waals surface area contributed by atoms with E-state index in [4.69, 9.17) is 9.26 Å². The summed E-state index contributed by atoms with van der Waals surface area (Å²) in [6.45, 7) is 8.19. The van der Waals surface area contributed by atoms with Gasteiger partial charge in [-0.1, -0.05) is 35.5 Å². The molecule has 25 heavy (non-hydrogen) atoms. The fraction of sp³-hybridized carbons (Fsp3) is 0.579. The zero-order chi connectivity index (χ0) is 17.1. The van der Waals surface area contributed by atoms with Crippen molar-refractivity contribution in [1.82, 2.24) is 15.0 Å². The van der Waals surface area contributed by atoms with Gasteiger partial charge in [0.05, 0.1) is 13.2 Å². The number of benzene rings is 1. The third-order valence-electron chi connectivity index (χ3n) is 5.56. The van der Waals surface area contributed by atoms with Crippen LogP contribution in [0.15, 0.2) is 34.9 Å². The Labute approximate surface area is 148 Å². The molecule has 0 amide bonds. The second-order valence-electron chi connectivity index (χ2n) is 6.98. The average molecular weight is 342 g/mol. The van der Waals surface area contributed by atoms with E-state index in [0.717, 1.165) is 50.9 Å². The van der Waals surface area contributed by atoms with E-state index in [0.29, 0.717) is 17.9 Å². The molecule has 0 N–H and O–H groups in total. The van der Waals surface area contributed by atoms with Crippen LogP contribution in [-0.4, -0.2) is 60.5 Å². The molecule has 6 heteroatoms. The maximum atomic E-state index is 5.51. The maximum Gasteiger partial charge on any atom is 0.324 e. The van der Waals surface area contributed by atoms with Crippen molar-refractivity contribution >= 4 is 6.01 Å². The number of rotatable bonds is 4. The lowest BCUT2D eigenvalue weighted by atomic mass is 9.89. The van der Waals surface area contributed by atoms with Crippen LogP contribution in [0.2, 0.25) is 0 Å². The lowest BCUT2D eigenvalue weighted by Gasteiger charge is -2.40. The van der Waals surface area contributed by atoms with Crippen LogP contribution >= 0.6 is 0 Å². The van der Waals surface area contributed by atoms with Crippen LogP contribution in [-0.2, 0) is 4.74 Å². The Balaban J connectivity index is 1.35. The average Bonchev–Trinajstić information content (AvgIpc) is 3.19. The van der Waals surface area contributed by atoms with Crippen molar-refractivity contribution in [3.8, 4) is 11.4 Å². The summed E-state index contributed by atoms with van der Waals surface area (Å²) < 4.78 is 11.0. The van der Waals surface area contributed by atoms with Gasteiger partial charge >= 0.3 is 6.01 Å². The van der Waals surface area contributed by atoms with Crippen molar-refractivity contribution in [2.24, 2.45) is 5.92 Å². The first-order valence-electron chi connectivity index (χ1n) is 9.27. The summed E-state index contributed by atoms with van der Waals surface area (Å²) in [4.78, 5) is 9.38. The molecule has 1 atom stereocenters. The second-order valence-corrected chi connectivity index (χ2v) is 6.98. The number of nitrogens with zero attached hydrogens (tertiary/aromatic N) is 4. The predicted octanol–water partition coefficient (Wildman–Crippen LogP) is 2.67. The second kappa shape index (κ2) is 7.54. The summed E-state index contributed by atoms with van der Waals surface area (Å²) in [5, 5.41) is 4.14. The van der Waals surface area contributed by atoms with Crippen molar-refractivity contribution in [2.45, 2.75) is 25.8 Å². The summed E-state index contributed by atoms with van der Waals surface area (Å²) in [7, 11) is 0. The zero-order valence-electron chi connectivity index (χ0n) is 14.8. The van der Waals surface area contributed by atoms with E-state index in [1.807, 2.05) is 30.3 Å². The van der Waals surface area contributed by atoms with Crippen molar-refractivity contribution in [1.29, 1.82) is 0 Å². The van der Waals surface area contributed by atoms with Gasteiger partial charge in [-0.15, -0.1) is 0 Å². The predicted molar refractivity (Wildman–Crippen MR) is 96.5 cm³/mol. The molecule has 0 spiro atoms. The highest BCUT2D eigenvalue weighted by atomic mass is 16.5. The first-order chi connectivity index (χ1) is 12.3. The number of morpholine rings is 1. The van der Waals surface area contributed by atoms with Gasteiger partial charge in [0.2, 0.25) is 5.82 Å². The van der Waals surface area contributed by atoms with Gasteiger partial charge < -0.3 is 14.2 Å². The number of hydrogen-bond donors (Lipinski definition) is 0. The summed E-state index contributed by atoms with van der Waals surface area (Å²) in [6.07, 6.45) is 2.34. The van der Waals surface area contributed by atoms with Gasteiger partial charge in [-0.25, -0.2) is 0 Å². The normalized spacial score (nSPS) is 21.4. The van der Waals surface area contributed by atoms with Crippen LogP contribution in [0.25, 0.3) is 11.4 Å². The minimum Gasteiger partial charge on any atom is -0.379 e. The number of piperidine rings is 1. The molecule has 0 aliphatic carbocycles. The number of ether oxygens (including phenoxy) is 1. The first-order valence-corrected chi connectivity index (χ1v) is 9.27. The lowest BCUT2D eigenvalue weighted by Crippen LogP contribution is -2.48. The van der Waals surface area contributed by atoms with E-state index in [9.17, 15) is 0 Å². The van der Waals surface area contributed by atoms with Crippen molar-refractivity contribution in [2.75, 3.05) is 44.3 Å². The van der Waals surface area contributed by atoms with Crippen molar-refractivity contribution in [3.05, 3.63) is 30.3 Å². The summed E-state index contributed by atoms with van der Waals surface area (Å²) in [6, 6.07) is 11.2. The number of hydrogen-bond acceptors (Lipinski definition) is 6. The fourth-order valence-electron chi connectivity index (χ4n) is 3.90. The molecule has 6 nitrogen and oxygen atoms in total. The lowest BCUT2D eigenvalue weighted by molar-refractivity contribution is 0.00438. The molecule has 2 aliphatic heterocycles. The number of anilines is 1. The Kier molecular flexibility index (Phi) is 4.99. The minimum atomic E-state index is 0.619. The Morgan fingerprint density at radius 3 is 2.48 bits per heavy atom. The van der Waals surface area contributed by atoms with E-state index in [1.165, 1.54) is 12.8 Å². The quantitative estimate of drug-likeness (QED) is 0.851. The molecule has 1 aromatic heterocycles. The number of aromatic nitrogens is 2. The van der Waals surface area contributed by atoms with Crippen LogP contribution in [0.3, 0.4) is 0 Å². The monoisotopic (exact) mass is 342 g/mol. The molecular formula is C19H26N4O2. The van der Waals surface area contributed by atoms with Gasteiger partial charge in [0.25, 0.3) is 0 Å². The third-order valence-corrected chi connectivity index (χ3v) is 5.56. The molecule has 0 saturated carbocycles. The Hall–Kier alpha value is -1.92. The Morgan fingerprint density at radius 2 is 1.76 bits per heavy atom. The molecule has 134 valence electrons. The first kappa shape index (κ1) is 16.5. The molecule has 2 aliphatic rings. The highest BCUT2D eigenvalue weighted by Gasteiger charge is 2.30. The highest BCUT2D eigenvalue weighted by Crippen LogP contribution is 2.28. The molecule has 2 aromatic rings. The summed E-state index contributed by atoms with van der Waals surface area (Å²) in [5.74, 6) is 1.39. The van der Waals surface area contributed by atoms with Crippen LogP contribution < -0.4 is 4.90 Å². The largest absolute Gasteiger partial charge is 0.379 e. The van der Waals surface area contributed by atoms with E-state index in [1.54, 1.807) is 0 Å². The maximum absolute atomic E-state index is 5.51. The van der Waals surface area contributed by atoms with Gasteiger partial charge in [-0.2, -0.15) is 4.98 Å². The van der Waals surface area contributed by atoms with E-state index in [-0.39, 0.29) is 0 Å². The highest BCUT2D eigenvalue weighted by molar-refractivity contribution is 5.55.